The number of aliphatic carboxylic acids is 1. The summed E-state index contributed by atoms with van der Waals surface area (Å²) in [6.07, 6.45) is 1.51. The molecule has 2 rings (SSSR count). The number of rotatable bonds is 4. The van der Waals surface area contributed by atoms with Crippen molar-refractivity contribution in [2.24, 2.45) is 0 Å². The van der Waals surface area contributed by atoms with Crippen LogP contribution < -0.4 is 5.32 Å². The minimum absolute atomic E-state index is 0.138. The summed E-state index contributed by atoms with van der Waals surface area (Å²) in [7, 11) is 0. The first kappa shape index (κ1) is 14.6. The van der Waals surface area contributed by atoms with Gasteiger partial charge in [-0.2, -0.15) is 0 Å². The van der Waals surface area contributed by atoms with E-state index in [0.29, 0.717) is 11.0 Å². The van der Waals surface area contributed by atoms with Crippen molar-refractivity contribution in [2.45, 2.75) is 36.7 Å². The number of thioether (sulfide) groups is 1. The quantitative estimate of drug-likeness (QED) is 0.647. The Hall–Kier alpha value is -0.790. The van der Waals surface area contributed by atoms with Crippen LogP contribution in [0.15, 0.2) is 0 Å². The van der Waals surface area contributed by atoms with Crippen molar-refractivity contribution >= 4 is 23.6 Å². The molecular formula is C12H20N2O4S. The first-order valence-corrected chi connectivity index (χ1v) is 7.65. The van der Waals surface area contributed by atoms with Crippen LogP contribution in [0.5, 0.6) is 0 Å². The van der Waals surface area contributed by atoms with Crippen LogP contribution in [0, 0.1) is 0 Å². The molecule has 2 heterocycles. The van der Waals surface area contributed by atoms with Crippen LogP contribution in [0.2, 0.25) is 0 Å². The van der Waals surface area contributed by atoms with E-state index in [9.17, 15) is 14.7 Å². The van der Waals surface area contributed by atoms with Gasteiger partial charge in [-0.15, -0.1) is 11.8 Å². The van der Waals surface area contributed by atoms with Gasteiger partial charge in [0, 0.05) is 18.2 Å². The number of hydrogen-bond acceptors (Lipinski definition) is 5. The van der Waals surface area contributed by atoms with Crippen molar-refractivity contribution in [3.8, 4) is 0 Å². The number of aliphatic hydroxyl groups excluding tert-OH is 1. The summed E-state index contributed by atoms with van der Waals surface area (Å²) in [6.45, 7) is 2.10. The maximum Gasteiger partial charge on any atom is 0.326 e. The van der Waals surface area contributed by atoms with Crippen LogP contribution in [0.4, 0.5) is 0 Å². The van der Waals surface area contributed by atoms with E-state index in [-0.39, 0.29) is 18.9 Å². The van der Waals surface area contributed by atoms with E-state index in [1.165, 1.54) is 4.90 Å². The molecule has 2 atom stereocenters. The summed E-state index contributed by atoms with van der Waals surface area (Å²) in [5.74, 6) is -0.898. The highest BCUT2D eigenvalue weighted by Crippen LogP contribution is 2.23. The van der Waals surface area contributed by atoms with Gasteiger partial charge in [0.25, 0.3) is 0 Å². The van der Waals surface area contributed by atoms with Gasteiger partial charge in [-0.25, -0.2) is 4.79 Å². The molecule has 0 radical (unpaired) electrons. The topological polar surface area (TPSA) is 89.9 Å². The summed E-state index contributed by atoms with van der Waals surface area (Å²) in [6, 6.07) is -0.865. The molecule has 2 aliphatic rings. The maximum absolute atomic E-state index is 12.1. The number of nitrogens with zero attached hydrogens (tertiary/aromatic N) is 1. The van der Waals surface area contributed by atoms with E-state index >= 15 is 0 Å². The first-order valence-electron chi connectivity index (χ1n) is 6.60. The molecule has 2 fully saturated rings. The van der Waals surface area contributed by atoms with E-state index in [1.54, 1.807) is 11.8 Å². The molecule has 19 heavy (non-hydrogen) atoms. The number of carboxylic acid groups (broad SMARTS) is 1. The molecule has 108 valence electrons. The lowest BCUT2D eigenvalue weighted by molar-refractivity contribution is -0.147. The van der Waals surface area contributed by atoms with Crippen LogP contribution in [-0.2, 0) is 9.59 Å². The second-order valence-corrected chi connectivity index (χ2v) is 6.34. The zero-order valence-corrected chi connectivity index (χ0v) is 11.6. The van der Waals surface area contributed by atoms with Crippen molar-refractivity contribution in [3.63, 3.8) is 0 Å². The highest BCUT2D eigenvalue weighted by molar-refractivity contribution is 8.00. The van der Waals surface area contributed by atoms with E-state index in [1.807, 2.05) is 0 Å². The molecule has 0 aromatic carbocycles. The number of β-amino-alcohol motifs (C(OH)–C–C–N with tert-alkyl or cyclic N) is 1. The third kappa shape index (κ3) is 3.84. The van der Waals surface area contributed by atoms with Crippen LogP contribution in [0.3, 0.4) is 0 Å². The van der Waals surface area contributed by atoms with Crippen molar-refractivity contribution < 1.29 is 19.8 Å². The molecule has 0 aromatic heterocycles. The standard InChI is InChI=1S/C12H20N2O4S/c15-8-5-10(12(17)18)14(6-8)11(16)7-19-9-1-3-13-4-2-9/h8-10,13,15H,1-7H2,(H,17,18)/t8-,10-/m0/s1. The Morgan fingerprint density at radius 2 is 2.00 bits per heavy atom. The zero-order valence-electron chi connectivity index (χ0n) is 10.7. The normalized spacial score (nSPS) is 28.6. The van der Waals surface area contributed by atoms with Gasteiger partial charge in [0.2, 0.25) is 5.91 Å². The fraction of sp³-hybridized carbons (Fsp3) is 0.833. The number of nitrogens with one attached hydrogen (secondary N) is 1. The Morgan fingerprint density at radius 1 is 1.32 bits per heavy atom. The number of piperidine rings is 1. The zero-order chi connectivity index (χ0) is 13.8. The highest BCUT2D eigenvalue weighted by Gasteiger charge is 2.38. The van der Waals surface area contributed by atoms with E-state index in [2.05, 4.69) is 5.32 Å². The second kappa shape index (κ2) is 6.58. The van der Waals surface area contributed by atoms with Crippen molar-refractivity contribution in [1.82, 2.24) is 10.2 Å². The van der Waals surface area contributed by atoms with Crippen LogP contribution in [0.1, 0.15) is 19.3 Å². The van der Waals surface area contributed by atoms with Gasteiger partial charge in [-0.1, -0.05) is 0 Å². The fourth-order valence-electron chi connectivity index (χ4n) is 2.56. The SMILES string of the molecule is O=C(O)[C@@H]1C[C@H](O)CN1C(=O)CSC1CCNCC1. The van der Waals surface area contributed by atoms with Gasteiger partial charge in [0.05, 0.1) is 11.9 Å². The van der Waals surface area contributed by atoms with Crippen LogP contribution in [-0.4, -0.2) is 69.8 Å². The van der Waals surface area contributed by atoms with Gasteiger partial charge in [0.1, 0.15) is 6.04 Å². The Bertz CT molecular complexity index is 347. The Balaban J connectivity index is 1.82. The van der Waals surface area contributed by atoms with Crippen LogP contribution in [0.25, 0.3) is 0 Å². The number of carbonyl (C=O) groups is 2. The number of amides is 1. The maximum atomic E-state index is 12.1. The molecule has 0 aliphatic carbocycles. The minimum atomic E-state index is -1.03. The Labute approximate surface area is 116 Å². The summed E-state index contributed by atoms with van der Waals surface area (Å²) in [5.41, 5.74) is 0. The molecular weight excluding hydrogens is 268 g/mol. The lowest BCUT2D eigenvalue weighted by Crippen LogP contribution is -2.42. The van der Waals surface area contributed by atoms with Crippen LogP contribution >= 0.6 is 11.8 Å². The van der Waals surface area contributed by atoms with E-state index < -0.39 is 18.1 Å². The average Bonchev–Trinajstić information content (AvgIpc) is 2.79. The molecule has 2 saturated heterocycles. The second-order valence-electron chi connectivity index (χ2n) is 5.05. The molecule has 0 unspecified atom stereocenters. The van der Waals surface area contributed by atoms with Crippen molar-refractivity contribution in [2.75, 3.05) is 25.4 Å². The molecule has 0 aromatic rings. The molecule has 6 nitrogen and oxygen atoms in total. The highest BCUT2D eigenvalue weighted by atomic mass is 32.2. The Morgan fingerprint density at radius 3 is 2.63 bits per heavy atom. The number of carboxylic acids is 1. The molecule has 0 bridgehead atoms. The minimum Gasteiger partial charge on any atom is -0.480 e. The number of likely N-dealkylation sites (tertiary alicyclic amines) is 1. The molecule has 3 N–H and O–H groups in total. The monoisotopic (exact) mass is 288 g/mol. The summed E-state index contributed by atoms with van der Waals surface area (Å²) in [4.78, 5) is 24.4. The molecule has 2 aliphatic heterocycles. The number of hydrogen-bond donors (Lipinski definition) is 3. The summed E-state index contributed by atoms with van der Waals surface area (Å²) < 4.78 is 0. The van der Waals surface area contributed by atoms with Crippen molar-refractivity contribution in [1.29, 1.82) is 0 Å². The Kier molecular flexibility index (Phi) is 5.06. The molecule has 1 amide bonds. The lowest BCUT2D eigenvalue weighted by Gasteiger charge is -2.24. The van der Waals surface area contributed by atoms with E-state index in [0.717, 1.165) is 25.9 Å². The molecule has 0 saturated carbocycles. The fourth-order valence-corrected chi connectivity index (χ4v) is 3.67. The van der Waals surface area contributed by atoms with Gasteiger partial charge >= 0.3 is 5.97 Å². The molecule has 7 heteroatoms. The van der Waals surface area contributed by atoms with Gasteiger partial charge < -0.3 is 20.4 Å². The largest absolute Gasteiger partial charge is 0.480 e. The van der Waals surface area contributed by atoms with Gasteiger partial charge in [-0.05, 0) is 25.9 Å². The van der Waals surface area contributed by atoms with Gasteiger partial charge in [-0.3, -0.25) is 4.79 Å². The van der Waals surface area contributed by atoms with Gasteiger partial charge in [0.15, 0.2) is 0 Å². The summed E-state index contributed by atoms with van der Waals surface area (Å²) in [5, 5.41) is 22.3. The third-order valence-electron chi connectivity index (χ3n) is 3.61. The predicted octanol–water partition coefficient (Wildman–Crippen LogP) is -0.482. The van der Waals surface area contributed by atoms with Crippen molar-refractivity contribution in [3.05, 3.63) is 0 Å². The average molecular weight is 288 g/mol. The third-order valence-corrected chi connectivity index (χ3v) is 4.97. The summed E-state index contributed by atoms with van der Waals surface area (Å²) >= 11 is 1.60. The molecule has 0 spiro atoms. The predicted molar refractivity (Wildman–Crippen MR) is 72.1 cm³/mol. The first-order chi connectivity index (χ1) is 9.08. The lowest BCUT2D eigenvalue weighted by atomic mass is 10.2. The van der Waals surface area contributed by atoms with E-state index in [4.69, 9.17) is 5.11 Å². The smallest absolute Gasteiger partial charge is 0.326 e. The number of aliphatic hydroxyl groups is 1. The number of carbonyl (C=O) groups excluding carboxylic acids is 1.